The second-order valence-electron chi connectivity index (χ2n) is 12.7. The van der Waals surface area contributed by atoms with E-state index in [0.29, 0.717) is 23.5 Å². The standard InChI is InChI=1S/C28H41BrN3O3/c1-3-18-19-12-22-25-28(20-11-16(29)7-8-21(20)30(25)2)13-23(24(19)26(28)34)32(22,27(18)35)15-17(33)14-31-9-5-4-6-10-31/h7-8,11,17-19,22-27,33-35H,3-6,9-10,12-15H2,1-2H3/q+1/t17-,18-,19-,22-,23+,24-,25-,26+,27-,28-,32?/m1/s1. The van der Waals surface area contributed by atoms with Gasteiger partial charge >= 0.3 is 0 Å². The molecule has 35 heavy (non-hydrogen) atoms. The maximum absolute atomic E-state index is 12.2. The van der Waals surface area contributed by atoms with Crippen molar-refractivity contribution in [3.63, 3.8) is 0 Å². The normalized spacial score (nSPS) is 48.3. The molecule has 1 aliphatic carbocycles. The van der Waals surface area contributed by atoms with E-state index in [1.165, 1.54) is 30.5 Å². The summed E-state index contributed by atoms with van der Waals surface area (Å²) in [6.07, 6.45) is 5.33. The number of anilines is 1. The van der Waals surface area contributed by atoms with Gasteiger partial charge in [-0.15, -0.1) is 0 Å². The van der Waals surface area contributed by atoms with Gasteiger partial charge in [0, 0.05) is 48.4 Å². The SMILES string of the molecule is CC[C@@H]1[C@H]2C[C@@H]3[C@H]4N(C)c5ccc(Br)cc5[C@]45C[C@@H]([C@@H]2[C@@H]5O)[N+]3(C[C@H](O)CN2CCCCC2)[C@@H]1O. The predicted octanol–water partition coefficient (Wildman–Crippen LogP) is 2.68. The van der Waals surface area contributed by atoms with E-state index < -0.39 is 18.4 Å². The minimum absolute atomic E-state index is 0.155. The molecule has 1 unspecified atom stereocenters. The van der Waals surface area contributed by atoms with Crippen molar-refractivity contribution >= 4 is 21.6 Å². The number of hydrogen-bond donors (Lipinski definition) is 3. The third kappa shape index (κ3) is 2.78. The molecule has 0 amide bonds. The molecule has 7 heteroatoms. The fourth-order valence-corrected chi connectivity index (χ4v) is 11.0. The summed E-state index contributed by atoms with van der Waals surface area (Å²) in [6, 6.07) is 7.18. The van der Waals surface area contributed by atoms with Crippen LogP contribution < -0.4 is 4.90 Å². The Morgan fingerprint density at radius 2 is 1.94 bits per heavy atom. The number of likely N-dealkylation sites (tertiary alicyclic amines) is 1. The third-order valence-corrected chi connectivity index (χ3v) is 12.1. The van der Waals surface area contributed by atoms with Gasteiger partial charge in [0.05, 0.1) is 23.6 Å². The minimum atomic E-state index is -0.452. The summed E-state index contributed by atoms with van der Waals surface area (Å²) in [4.78, 5) is 4.85. The lowest BCUT2D eigenvalue weighted by Crippen LogP contribution is -2.84. The van der Waals surface area contributed by atoms with Crippen molar-refractivity contribution in [2.45, 2.75) is 87.4 Å². The number of nitrogens with zero attached hydrogens (tertiary/aromatic N) is 3. The Kier molecular flexibility index (Phi) is 5.29. The van der Waals surface area contributed by atoms with Crippen LogP contribution in [-0.4, -0.2) is 94.5 Å². The molecule has 1 aromatic rings. The van der Waals surface area contributed by atoms with Crippen LogP contribution in [0.4, 0.5) is 5.69 Å². The molecule has 1 aromatic carbocycles. The third-order valence-electron chi connectivity index (χ3n) is 11.6. The van der Waals surface area contributed by atoms with Crippen molar-refractivity contribution in [1.29, 1.82) is 0 Å². The highest BCUT2D eigenvalue weighted by molar-refractivity contribution is 9.10. The Labute approximate surface area is 217 Å². The number of rotatable bonds is 5. The van der Waals surface area contributed by atoms with E-state index in [4.69, 9.17) is 0 Å². The van der Waals surface area contributed by atoms with Crippen LogP contribution in [0, 0.1) is 17.8 Å². The lowest BCUT2D eigenvalue weighted by Gasteiger charge is -2.68. The van der Waals surface area contributed by atoms with E-state index in [2.05, 4.69) is 57.9 Å². The molecular weight excluding hydrogens is 506 g/mol. The molecule has 0 aromatic heterocycles. The summed E-state index contributed by atoms with van der Waals surface area (Å²) in [7, 11) is 2.20. The Morgan fingerprint density at radius 1 is 1.17 bits per heavy atom. The van der Waals surface area contributed by atoms with Crippen molar-refractivity contribution < 1.29 is 19.8 Å². The van der Waals surface area contributed by atoms with E-state index in [0.717, 1.165) is 36.8 Å². The zero-order chi connectivity index (χ0) is 24.3. The summed E-state index contributed by atoms with van der Waals surface area (Å²) in [5.41, 5.74) is 2.25. The molecule has 3 N–H and O–H groups in total. The Hall–Kier alpha value is -0.700. The van der Waals surface area contributed by atoms with Crippen LogP contribution in [0.1, 0.15) is 51.0 Å². The van der Waals surface area contributed by atoms with E-state index >= 15 is 0 Å². The average Bonchev–Trinajstić information content (AvgIpc) is 3.22. The van der Waals surface area contributed by atoms with E-state index in [-0.39, 0.29) is 35.4 Å². The first-order chi connectivity index (χ1) is 16.8. The minimum Gasteiger partial charge on any atom is -0.392 e. The number of likely N-dealkylation sites (N-methyl/N-ethyl adjacent to an activating group) is 1. The van der Waals surface area contributed by atoms with Crippen LogP contribution in [-0.2, 0) is 5.41 Å². The van der Waals surface area contributed by atoms with Gasteiger partial charge in [-0.2, -0.15) is 0 Å². The molecule has 1 saturated carbocycles. The van der Waals surface area contributed by atoms with Crippen LogP contribution in [0.5, 0.6) is 0 Å². The molecular formula is C28H41BrN3O3+. The fourth-order valence-electron chi connectivity index (χ4n) is 10.6. The highest BCUT2D eigenvalue weighted by Crippen LogP contribution is 2.71. The summed E-state index contributed by atoms with van der Waals surface area (Å²) >= 11 is 3.71. The van der Waals surface area contributed by atoms with Gasteiger partial charge in [0.15, 0.2) is 6.23 Å². The molecule has 5 bridgehead atoms. The van der Waals surface area contributed by atoms with Crippen LogP contribution >= 0.6 is 15.9 Å². The van der Waals surface area contributed by atoms with Gasteiger partial charge in [0.2, 0.25) is 0 Å². The highest BCUT2D eigenvalue weighted by Gasteiger charge is 2.83. The smallest absolute Gasteiger partial charge is 0.194 e. The molecule has 11 atom stereocenters. The number of fused-ring (bicyclic) bond motifs is 2. The highest BCUT2D eigenvalue weighted by atomic mass is 79.9. The number of hydrogen-bond acceptors (Lipinski definition) is 5. The molecule has 6 nitrogen and oxygen atoms in total. The van der Waals surface area contributed by atoms with Gasteiger partial charge in [0.1, 0.15) is 18.7 Å². The van der Waals surface area contributed by atoms with Crippen LogP contribution in [0.25, 0.3) is 0 Å². The summed E-state index contributed by atoms with van der Waals surface area (Å²) in [5, 5.41) is 35.9. The van der Waals surface area contributed by atoms with Gasteiger partial charge in [-0.05, 0) is 62.0 Å². The van der Waals surface area contributed by atoms with E-state index in [9.17, 15) is 15.3 Å². The number of quaternary nitrogens is 1. The number of piperidine rings is 5. The van der Waals surface area contributed by atoms with Crippen molar-refractivity contribution in [2.24, 2.45) is 17.8 Å². The van der Waals surface area contributed by atoms with Crippen LogP contribution in [0.2, 0.25) is 0 Å². The Balaban J connectivity index is 1.33. The molecule has 7 aliphatic rings. The summed E-state index contributed by atoms with van der Waals surface area (Å²) in [5.74, 6) is 0.768. The lowest BCUT2D eigenvalue weighted by atomic mass is 9.60. The monoisotopic (exact) mass is 546 g/mol. The van der Waals surface area contributed by atoms with Gasteiger partial charge in [-0.1, -0.05) is 29.3 Å². The fraction of sp³-hybridized carbons (Fsp3) is 0.786. The van der Waals surface area contributed by atoms with Gasteiger partial charge in [-0.3, -0.25) is 4.48 Å². The van der Waals surface area contributed by atoms with Crippen molar-refractivity contribution in [2.75, 3.05) is 38.1 Å². The number of halogens is 1. The molecule has 6 fully saturated rings. The predicted molar refractivity (Wildman–Crippen MR) is 139 cm³/mol. The van der Waals surface area contributed by atoms with Crippen LogP contribution in [0.15, 0.2) is 22.7 Å². The molecule has 192 valence electrons. The zero-order valence-corrected chi connectivity index (χ0v) is 22.6. The first kappa shape index (κ1) is 23.4. The quantitative estimate of drug-likeness (QED) is 0.495. The molecule has 6 heterocycles. The Morgan fingerprint density at radius 3 is 2.69 bits per heavy atom. The maximum Gasteiger partial charge on any atom is 0.194 e. The topological polar surface area (TPSA) is 67.2 Å². The molecule has 8 rings (SSSR count). The van der Waals surface area contributed by atoms with E-state index in [1.807, 2.05) is 0 Å². The van der Waals surface area contributed by atoms with Crippen molar-refractivity contribution in [1.82, 2.24) is 4.90 Å². The maximum atomic E-state index is 12.2. The van der Waals surface area contributed by atoms with Gasteiger partial charge in [0.25, 0.3) is 0 Å². The number of benzene rings is 1. The zero-order valence-electron chi connectivity index (χ0n) is 21.1. The molecule has 5 saturated heterocycles. The van der Waals surface area contributed by atoms with Gasteiger partial charge in [-0.25, -0.2) is 0 Å². The summed E-state index contributed by atoms with van der Waals surface area (Å²) < 4.78 is 1.68. The lowest BCUT2D eigenvalue weighted by molar-refractivity contribution is -1.04. The first-order valence-corrected chi connectivity index (χ1v) is 14.8. The van der Waals surface area contributed by atoms with Crippen molar-refractivity contribution in [3.05, 3.63) is 28.2 Å². The number of aliphatic hydroxyl groups excluding tert-OH is 3. The second kappa shape index (κ2) is 7.90. The van der Waals surface area contributed by atoms with Crippen molar-refractivity contribution in [3.8, 4) is 0 Å². The number of β-amino-alcohol motifs (C(OH)–C–C–N with tert-alkyl or cyclic N) is 1. The second-order valence-corrected chi connectivity index (χ2v) is 13.6. The average molecular weight is 548 g/mol. The Bertz CT molecular complexity index is 1020. The summed E-state index contributed by atoms with van der Waals surface area (Å²) in [6.45, 7) is 5.67. The van der Waals surface area contributed by atoms with E-state index in [1.54, 1.807) is 0 Å². The van der Waals surface area contributed by atoms with Gasteiger partial charge < -0.3 is 25.1 Å². The molecule has 1 spiro atoms. The largest absolute Gasteiger partial charge is 0.392 e. The van der Waals surface area contributed by atoms with Crippen LogP contribution in [0.3, 0.4) is 0 Å². The first-order valence-electron chi connectivity index (χ1n) is 14.0. The number of aliphatic hydroxyl groups is 3. The molecule has 0 radical (unpaired) electrons. The molecule has 6 aliphatic heterocycles.